The smallest absolute Gasteiger partial charge is 0.344 e. The topological polar surface area (TPSA) is 72.8 Å². The second-order valence-corrected chi connectivity index (χ2v) is 4.60. The van der Waals surface area contributed by atoms with Crippen molar-refractivity contribution >= 4 is 29.6 Å². The quantitative estimate of drug-likeness (QED) is 0.646. The van der Waals surface area contributed by atoms with Crippen LogP contribution >= 0.6 is 11.6 Å². The molecule has 1 aromatic carbocycles. The van der Waals surface area contributed by atoms with Gasteiger partial charge in [0.2, 0.25) is 0 Å². The fraction of sp³-hybridized carbons (Fsp3) is 0.286. The summed E-state index contributed by atoms with van der Waals surface area (Å²) in [5.41, 5.74) is 0.620. The van der Waals surface area contributed by atoms with Gasteiger partial charge in [0.25, 0.3) is 0 Å². The largest absolute Gasteiger partial charge is 0.480 e. The minimum absolute atomic E-state index is 0.204. The van der Waals surface area contributed by atoms with Crippen molar-refractivity contribution in [2.24, 2.45) is 0 Å². The summed E-state index contributed by atoms with van der Waals surface area (Å²) in [7, 11) is 0. The molecule has 0 heterocycles. The molecule has 0 aliphatic heterocycles. The van der Waals surface area contributed by atoms with E-state index in [0.29, 0.717) is 11.3 Å². The molecular formula is C14H15ClO5. The van der Waals surface area contributed by atoms with Crippen molar-refractivity contribution in [3.63, 3.8) is 0 Å². The monoisotopic (exact) mass is 298 g/mol. The van der Waals surface area contributed by atoms with Gasteiger partial charge in [0.05, 0.1) is 11.1 Å². The summed E-state index contributed by atoms with van der Waals surface area (Å²) < 4.78 is 10.2. The second-order valence-electron chi connectivity index (χ2n) is 4.19. The van der Waals surface area contributed by atoms with E-state index >= 15 is 0 Å². The minimum Gasteiger partial charge on any atom is -0.480 e. The van der Waals surface area contributed by atoms with Crippen LogP contribution in [-0.4, -0.2) is 29.8 Å². The molecule has 0 saturated heterocycles. The average molecular weight is 299 g/mol. The Morgan fingerprint density at radius 3 is 2.65 bits per heavy atom. The number of hydrogen-bond acceptors (Lipinski definition) is 4. The molecule has 108 valence electrons. The van der Waals surface area contributed by atoms with Gasteiger partial charge in [-0.25, -0.2) is 9.59 Å². The lowest BCUT2D eigenvalue weighted by Gasteiger charge is -2.10. The third kappa shape index (κ3) is 5.75. The molecule has 1 rings (SSSR count). The Hall–Kier alpha value is -2.01. The molecule has 0 saturated carbocycles. The number of carbonyl (C=O) groups is 2. The number of carboxylic acids is 1. The highest BCUT2D eigenvalue weighted by Crippen LogP contribution is 2.26. The van der Waals surface area contributed by atoms with Crippen LogP contribution in [0.1, 0.15) is 19.4 Å². The highest BCUT2D eigenvalue weighted by atomic mass is 35.5. The summed E-state index contributed by atoms with van der Waals surface area (Å²) in [5.74, 6) is -1.19. The zero-order chi connectivity index (χ0) is 15.1. The predicted molar refractivity (Wildman–Crippen MR) is 74.8 cm³/mol. The molecule has 0 atom stereocenters. The van der Waals surface area contributed by atoms with E-state index in [4.69, 9.17) is 26.2 Å². The fourth-order valence-electron chi connectivity index (χ4n) is 1.34. The second kappa shape index (κ2) is 7.55. The van der Waals surface area contributed by atoms with E-state index in [0.717, 1.165) is 6.08 Å². The molecule has 0 unspecified atom stereocenters. The number of benzene rings is 1. The summed E-state index contributed by atoms with van der Waals surface area (Å²) >= 11 is 5.98. The van der Waals surface area contributed by atoms with E-state index in [1.54, 1.807) is 32.0 Å². The Labute approximate surface area is 121 Å². The number of aliphatic carboxylic acids is 1. The number of esters is 1. The van der Waals surface area contributed by atoms with E-state index in [2.05, 4.69) is 0 Å². The van der Waals surface area contributed by atoms with Crippen LogP contribution in [0.25, 0.3) is 6.08 Å². The maximum Gasteiger partial charge on any atom is 0.344 e. The van der Waals surface area contributed by atoms with Crippen LogP contribution in [0.3, 0.4) is 0 Å². The molecule has 0 aliphatic rings. The van der Waals surface area contributed by atoms with Gasteiger partial charge in [-0.15, -0.1) is 0 Å². The van der Waals surface area contributed by atoms with Crippen LogP contribution in [0.4, 0.5) is 0 Å². The molecule has 20 heavy (non-hydrogen) atoms. The Kier molecular flexibility index (Phi) is 6.06. The number of halogens is 1. The highest BCUT2D eigenvalue weighted by Gasteiger charge is 2.08. The average Bonchev–Trinajstić information content (AvgIpc) is 2.34. The van der Waals surface area contributed by atoms with E-state index in [-0.39, 0.29) is 17.7 Å². The Morgan fingerprint density at radius 2 is 2.10 bits per heavy atom. The van der Waals surface area contributed by atoms with Gasteiger partial charge >= 0.3 is 11.9 Å². The van der Waals surface area contributed by atoms with Crippen molar-refractivity contribution in [3.8, 4) is 5.75 Å². The molecule has 0 radical (unpaired) electrons. The number of hydrogen-bond donors (Lipinski definition) is 1. The zero-order valence-corrected chi connectivity index (χ0v) is 11.9. The van der Waals surface area contributed by atoms with Crippen LogP contribution in [0.2, 0.25) is 5.02 Å². The first-order valence-corrected chi connectivity index (χ1v) is 6.29. The summed E-state index contributed by atoms with van der Waals surface area (Å²) in [6.45, 7) is 3.26. The molecule has 1 N–H and O–H groups in total. The molecule has 6 heteroatoms. The molecular weight excluding hydrogens is 284 g/mol. The minimum atomic E-state index is -1.04. The van der Waals surface area contributed by atoms with Gasteiger partial charge in [0.1, 0.15) is 5.75 Å². The SMILES string of the molecule is CC(C)OC(=O)COc1ccc(C=CC(=O)O)cc1Cl. The van der Waals surface area contributed by atoms with Crippen molar-refractivity contribution in [1.82, 2.24) is 0 Å². The summed E-state index contributed by atoms with van der Waals surface area (Å²) in [4.78, 5) is 21.7. The van der Waals surface area contributed by atoms with Crippen molar-refractivity contribution in [1.29, 1.82) is 0 Å². The summed E-state index contributed by atoms with van der Waals surface area (Å²) in [6, 6.07) is 4.74. The number of ether oxygens (including phenoxy) is 2. The first kappa shape index (κ1) is 16.0. The molecule has 1 aromatic rings. The molecule has 0 aromatic heterocycles. The fourth-order valence-corrected chi connectivity index (χ4v) is 1.58. The van der Waals surface area contributed by atoms with Crippen molar-refractivity contribution in [2.45, 2.75) is 20.0 Å². The van der Waals surface area contributed by atoms with E-state index < -0.39 is 11.9 Å². The van der Waals surface area contributed by atoms with Crippen LogP contribution in [0.15, 0.2) is 24.3 Å². The van der Waals surface area contributed by atoms with E-state index in [1.807, 2.05) is 0 Å². The Morgan fingerprint density at radius 1 is 1.40 bits per heavy atom. The number of rotatable bonds is 6. The van der Waals surface area contributed by atoms with Crippen molar-refractivity contribution < 1.29 is 24.2 Å². The number of carboxylic acid groups (broad SMARTS) is 1. The van der Waals surface area contributed by atoms with Gasteiger partial charge in [-0.3, -0.25) is 0 Å². The molecule has 0 fully saturated rings. The van der Waals surface area contributed by atoms with Crippen LogP contribution in [-0.2, 0) is 14.3 Å². The zero-order valence-electron chi connectivity index (χ0n) is 11.1. The summed E-state index contributed by atoms with van der Waals surface area (Å²) in [6.07, 6.45) is 2.21. The predicted octanol–water partition coefficient (Wildman–Crippen LogP) is 2.77. The molecule has 0 spiro atoms. The third-order valence-corrected chi connectivity index (χ3v) is 2.38. The van der Waals surface area contributed by atoms with Crippen LogP contribution < -0.4 is 4.74 Å². The van der Waals surface area contributed by atoms with E-state index in [9.17, 15) is 9.59 Å². The molecule has 5 nitrogen and oxygen atoms in total. The lowest BCUT2D eigenvalue weighted by atomic mass is 10.2. The highest BCUT2D eigenvalue weighted by molar-refractivity contribution is 6.32. The van der Waals surface area contributed by atoms with Crippen molar-refractivity contribution in [3.05, 3.63) is 34.9 Å². The molecule has 0 bridgehead atoms. The van der Waals surface area contributed by atoms with E-state index in [1.165, 1.54) is 6.08 Å². The first-order valence-electron chi connectivity index (χ1n) is 5.91. The first-order chi connectivity index (χ1) is 9.38. The number of carbonyl (C=O) groups excluding carboxylic acids is 1. The van der Waals surface area contributed by atoms with Crippen molar-refractivity contribution in [2.75, 3.05) is 6.61 Å². The van der Waals surface area contributed by atoms with Gasteiger partial charge in [-0.1, -0.05) is 17.7 Å². The van der Waals surface area contributed by atoms with Gasteiger partial charge in [-0.05, 0) is 37.6 Å². The maximum atomic E-state index is 11.3. The van der Waals surface area contributed by atoms with Crippen LogP contribution in [0.5, 0.6) is 5.75 Å². The normalized spacial score (nSPS) is 10.8. The van der Waals surface area contributed by atoms with Gasteiger partial charge < -0.3 is 14.6 Å². The molecule has 0 amide bonds. The van der Waals surface area contributed by atoms with Gasteiger partial charge in [-0.2, -0.15) is 0 Å². The Bertz CT molecular complexity index is 522. The Balaban J connectivity index is 2.64. The summed E-state index contributed by atoms with van der Waals surface area (Å²) in [5, 5.41) is 8.81. The standard InChI is InChI=1S/C14H15ClO5/c1-9(2)20-14(18)8-19-12-5-3-10(7-11(12)15)4-6-13(16)17/h3-7,9H,8H2,1-2H3,(H,16,17). The van der Waals surface area contributed by atoms with Crippen LogP contribution in [0, 0.1) is 0 Å². The molecule has 0 aliphatic carbocycles. The maximum absolute atomic E-state index is 11.3. The van der Waals surface area contributed by atoms with Gasteiger partial charge in [0.15, 0.2) is 6.61 Å². The lowest BCUT2D eigenvalue weighted by molar-refractivity contribution is -0.149. The third-order valence-electron chi connectivity index (χ3n) is 2.09. The lowest BCUT2D eigenvalue weighted by Crippen LogP contribution is -2.18. The van der Waals surface area contributed by atoms with Gasteiger partial charge in [0, 0.05) is 6.08 Å².